The van der Waals surface area contributed by atoms with Gasteiger partial charge in [-0.3, -0.25) is 14.6 Å². The number of thiazole rings is 1. The molecule has 0 spiro atoms. The van der Waals surface area contributed by atoms with E-state index in [4.69, 9.17) is 0 Å². The van der Waals surface area contributed by atoms with Gasteiger partial charge in [-0.1, -0.05) is 0 Å². The summed E-state index contributed by atoms with van der Waals surface area (Å²) in [6, 6.07) is 3.68. The Balaban J connectivity index is 1.53. The number of amides is 2. The van der Waals surface area contributed by atoms with E-state index in [-0.39, 0.29) is 17.9 Å². The Morgan fingerprint density at radius 3 is 3.08 bits per heavy atom. The van der Waals surface area contributed by atoms with Crippen molar-refractivity contribution in [2.45, 2.75) is 32.2 Å². The van der Waals surface area contributed by atoms with Crippen molar-refractivity contribution in [2.24, 2.45) is 0 Å². The topological polar surface area (TPSA) is 75.2 Å². The summed E-state index contributed by atoms with van der Waals surface area (Å²) < 4.78 is 0. The molecule has 0 aromatic carbocycles. The Morgan fingerprint density at radius 1 is 1.50 bits per heavy atom. The van der Waals surface area contributed by atoms with Gasteiger partial charge >= 0.3 is 0 Å². The van der Waals surface area contributed by atoms with Crippen LogP contribution in [0.1, 0.15) is 37.2 Å². The van der Waals surface area contributed by atoms with Gasteiger partial charge in [0.2, 0.25) is 11.8 Å². The number of hydrogen-bond acceptors (Lipinski definition) is 5. The summed E-state index contributed by atoms with van der Waals surface area (Å²) in [5, 5.41) is 5.79. The maximum atomic E-state index is 12.1. The summed E-state index contributed by atoms with van der Waals surface area (Å²) in [7, 11) is 0. The van der Waals surface area contributed by atoms with Crippen LogP contribution in [0.3, 0.4) is 0 Å². The van der Waals surface area contributed by atoms with Crippen molar-refractivity contribution >= 4 is 23.2 Å². The number of carbonyl (C=O) groups excluding carboxylic acids is 2. The molecule has 2 aromatic rings. The molecule has 2 aromatic heterocycles. The van der Waals surface area contributed by atoms with E-state index in [1.807, 2.05) is 24.4 Å². The average molecular weight is 344 g/mol. The van der Waals surface area contributed by atoms with Crippen LogP contribution in [-0.4, -0.2) is 39.8 Å². The van der Waals surface area contributed by atoms with Crippen LogP contribution in [0.5, 0.6) is 0 Å². The summed E-state index contributed by atoms with van der Waals surface area (Å²) in [4.78, 5) is 34.1. The Kier molecular flexibility index (Phi) is 5.20. The maximum Gasteiger partial charge on any atom is 0.222 e. The fourth-order valence-electron chi connectivity index (χ4n) is 2.69. The largest absolute Gasteiger partial charge is 0.347 e. The number of rotatable bonds is 6. The van der Waals surface area contributed by atoms with E-state index >= 15 is 0 Å². The first-order valence-electron chi connectivity index (χ1n) is 8.06. The number of aromatic nitrogens is 2. The lowest BCUT2D eigenvalue weighted by Gasteiger charge is -2.16. The second-order valence-electron chi connectivity index (χ2n) is 5.84. The minimum absolute atomic E-state index is 0.0553. The number of pyridine rings is 1. The zero-order valence-electron chi connectivity index (χ0n) is 13.6. The summed E-state index contributed by atoms with van der Waals surface area (Å²) in [5.74, 6) is 0.0946. The maximum absolute atomic E-state index is 12.1. The second kappa shape index (κ2) is 7.53. The monoisotopic (exact) mass is 344 g/mol. The van der Waals surface area contributed by atoms with Gasteiger partial charge < -0.3 is 10.2 Å². The standard InChI is InChI=1S/C17H20N4O2S/c1-12(19-15(22)6-9-21-8-3-5-16(21)23)17-20-14(11-24-17)13-4-2-7-18-10-13/h2,4,7,10-12H,3,5-6,8-9H2,1H3,(H,19,22). The van der Waals surface area contributed by atoms with Crippen LogP contribution in [0.25, 0.3) is 11.3 Å². The lowest BCUT2D eigenvalue weighted by atomic mass is 10.2. The summed E-state index contributed by atoms with van der Waals surface area (Å²) in [6.07, 6.45) is 5.33. The first-order valence-corrected chi connectivity index (χ1v) is 8.94. The SMILES string of the molecule is CC(NC(=O)CCN1CCCC1=O)c1nc(-c2cccnc2)cs1. The van der Waals surface area contributed by atoms with Crippen LogP contribution in [0.15, 0.2) is 29.9 Å². The molecule has 1 aliphatic heterocycles. The van der Waals surface area contributed by atoms with Crippen LogP contribution in [0, 0.1) is 0 Å². The molecular weight excluding hydrogens is 324 g/mol. The van der Waals surface area contributed by atoms with Gasteiger partial charge in [0.1, 0.15) is 5.01 Å². The highest BCUT2D eigenvalue weighted by atomic mass is 32.1. The molecule has 0 saturated carbocycles. The Bertz CT molecular complexity index is 716. The first-order chi connectivity index (χ1) is 11.6. The molecule has 1 unspecified atom stereocenters. The Hall–Kier alpha value is -2.28. The normalized spacial score (nSPS) is 15.5. The molecule has 2 amide bonds. The van der Waals surface area contributed by atoms with Crippen molar-refractivity contribution in [1.29, 1.82) is 0 Å². The van der Waals surface area contributed by atoms with Crippen LogP contribution in [0.4, 0.5) is 0 Å². The molecule has 1 atom stereocenters. The van der Waals surface area contributed by atoms with Crippen molar-refractivity contribution in [3.05, 3.63) is 34.9 Å². The third kappa shape index (κ3) is 3.97. The fourth-order valence-corrected chi connectivity index (χ4v) is 3.52. The highest BCUT2D eigenvalue weighted by molar-refractivity contribution is 7.10. The van der Waals surface area contributed by atoms with E-state index in [9.17, 15) is 9.59 Å². The van der Waals surface area contributed by atoms with Crippen molar-refractivity contribution < 1.29 is 9.59 Å². The fraction of sp³-hybridized carbons (Fsp3) is 0.412. The predicted octanol–water partition coefficient (Wildman–Crippen LogP) is 2.39. The van der Waals surface area contributed by atoms with Gasteiger partial charge in [-0.25, -0.2) is 4.98 Å². The lowest BCUT2D eigenvalue weighted by molar-refractivity contribution is -0.128. The van der Waals surface area contributed by atoms with Crippen LogP contribution >= 0.6 is 11.3 Å². The molecule has 24 heavy (non-hydrogen) atoms. The van der Waals surface area contributed by atoms with Crippen LogP contribution in [-0.2, 0) is 9.59 Å². The number of hydrogen-bond donors (Lipinski definition) is 1. The van der Waals surface area contributed by atoms with Gasteiger partial charge in [-0.15, -0.1) is 11.3 Å². The van der Waals surface area contributed by atoms with Crippen molar-refractivity contribution in [2.75, 3.05) is 13.1 Å². The zero-order chi connectivity index (χ0) is 16.9. The molecular formula is C17H20N4O2S. The summed E-state index contributed by atoms with van der Waals surface area (Å²) >= 11 is 1.52. The van der Waals surface area contributed by atoms with E-state index in [1.165, 1.54) is 11.3 Å². The number of nitrogens with zero attached hydrogens (tertiary/aromatic N) is 3. The molecule has 126 valence electrons. The lowest BCUT2D eigenvalue weighted by Crippen LogP contribution is -2.32. The van der Waals surface area contributed by atoms with Crippen molar-refractivity contribution in [1.82, 2.24) is 20.2 Å². The Morgan fingerprint density at radius 2 is 2.38 bits per heavy atom. The minimum atomic E-state index is -0.151. The van der Waals surface area contributed by atoms with Gasteiger partial charge in [0, 0.05) is 49.3 Å². The van der Waals surface area contributed by atoms with E-state index in [1.54, 1.807) is 17.3 Å². The van der Waals surface area contributed by atoms with E-state index < -0.39 is 0 Å². The highest BCUT2D eigenvalue weighted by Gasteiger charge is 2.21. The van der Waals surface area contributed by atoms with E-state index in [0.29, 0.717) is 19.4 Å². The van der Waals surface area contributed by atoms with Gasteiger partial charge in [0.25, 0.3) is 0 Å². The smallest absolute Gasteiger partial charge is 0.222 e. The van der Waals surface area contributed by atoms with Gasteiger partial charge in [0.05, 0.1) is 11.7 Å². The van der Waals surface area contributed by atoms with Crippen LogP contribution < -0.4 is 5.32 Å². The zero-order valence-corrected chi connectivity index (χ0v) is 14.4. The first kappa shape index (κ1) is 16.6. The van der Waals surface area contributed by atoms with E-state index in [2.05, 4.69) is 15.3 Å². The number of carbonyl (C=O) groups is 2. The van der Waals surface area contributed by atoms with Crippen LogP contribution in [0.2, 0.25) is 0 Å². The molecule has 1 saturated heterocycles. The quantitative estimate of drug-likeness (QED) is 0.873. The molecule has 3 rings (SSSR count). The molecule has 6 nitrogen and oxygen atoms in total. The molecule has 0 bridgehead atoms. The molecule has 1 fully saturated rings. The molecule has 3 heterocycles. The third-order valence-electron chi connectivity index (χ3n) is 4.01. The van der Waals surface area contributed by atoms with Crippen molar-refractivity contribution in [3.63, 3.8) is 0 Å². The van der Waals surface area contributed by atoms with Gasteiger partial charge in [0.15, 0.2) is 0 Å². The molecule has 1 aliphatic rings. The van der Waals surface area contributed by atoms with Crippen molar-refractivity contribution in [3.8, 4) is 11.3 Å². The number of nitrogens with one attached hydrogen (secondary N) is 1. The molecule has 1 N–H and O–H groups in total. The van der Waals surface area contributed by atoms with E-state index in [0.717, 1.165) is 29.2 Å². The minimum Gasteiger partial charge on any atom is -0.347 e. The second-order valence-corrected chi connectivity index (χ2v) is 6.73. The average Bonchev–Trinajstić information content (AvgIpc) is 3.23. The van der Waals surface area contributed by atoms with Gasteiger partial charge in [-0.05, 0) is 25.5 Å². The summed E-state index contributed by atoms with van der Waals surface area (Å²) in [6.45, 7) is 3.18. The molecule has 0 radical (unpaired) electrons. The highest BCUT2D eigenvalue weighted by Crippen LogP contribution is 2.24. The molecule has 7 heteroatoms. The summed E-state index contributed by atoms with van der Waals surface area (Å²) in [5.41, 5.74) is 1.83. The number of likely N-dealkylation sites (tertiary alicyclic amines) is 1. The van der Waals surface area contributed by atoms with Gasteiger partial charge in [-0.2, -0.15) is 0 Å². The Labute approximate surface area is 144 Å². The molecule has 0 aliphatic carbocycles. The predicted molar refractivity (Wildman–Crippen MR) is 92.3 cm³/mol. The third-order valence-corrected chi connectivity index (χ3v) is 5.03.